The fourth-order valence-corrected chi connectivity index (χ4v) is 4.18. The molecular formula is C22H29ClN4O4S. The number of hydrogen-bond donors (Lipinski definition) is 1. The summed E-state index contributed by atoms with van der Waals surface area (Å²) in [5, 5.41) is 3.27. The van der Waals surface area contributed by atoms with Gasteiger partial charge in [0, 0.05) is 32.2 Å². The molecule has 0 saturated heterocycles. The van der Waals surface area contributed by atoms with E-state index in [1.807, 2.05) is 0 Å². The molecule has 0 fully saturated rings. The molecule has 0 bridgehead atoms. The summed E-state index contributed by atoms with van der Waals surface area (Å²) < 4.78 is 28.0. The van der Waals surface area contributed by atoms with Crippen molar-refractivity contribution >= 4 is 39.3 Å². The molecule has 0 aliphatic rings. The highest BCUT2D eigenvalue weighted by Gasteiger charge is 2.32. The highest BCUT2D eigenvalue weighted by Crippen LogP contribution is 2.20. The van der Waals surface area contributed by atoms with Crippen molar-refractivity contribution in [3.63, 3.8) is 0 Å². The van der Waals surface area contributed by atoms with E-state index in [-0.39, 0.29) is 12.5 Å². The average Bonchev–Trinajstić information content (AvgIpc) is 2.77. The summed E-state index contributed by atoms with van der Waals surface area (Å²) in [5.74, 6) is -0.829. The number of nitrogens with one attached hydrogen (secondary N) is 1. The number of anilines is 1. The van der Waals surface area contributed by atoms with Crippen molar-refractivity contribution in [3.05, 3.63) is 65.2 Å². The molecule has 1 atom stereocenters. The van der Waals surface area contributed by atoms with Crippen molar-refractivity contribution in [2.75, 3.05) is 31.5 Å². The standard InChI is InChI=1S/C22H29ClN4O4S/c1-5-24-22(29)17(2)26(15-18-11-13-19(23)14-12-18)21(28)16-27(32(30,31)25(3)4)20-9-7-6-8-10-20/h6-14,17H,5,15-16H2,1-4H3,(H,24,29)/t17-/m0/s1. The number of hydrogen-bond acceptors (Lipinski definition) is 4. The Morgan fingerprint density at radius 3 is 2.16 bits per heavy atom. The van der Waals surface area contributed by atoms with E-state index >= 15 is 0 Å². The van der Waals surface area contributed by atoms with Crippen LogP contribution in [-0.2, 0) is 26.3 Å². The number of halogens is 1. The van der Waals surface area contributed by atoms with Gasteiger partial charge in [0.1, 0.15) is 12.6 Å². The third-order valence-electron chi connectivity index (χ3n) is 4.85. The first kappa shape index (κ1) is 25.6. The van der Waals surface area contributed by atoms with E-state index in [9.17, 15) is 18.0 Å². The van der Waals surface area contributed by atoms with E-state index in [4.69, 9.17) is 11.6 Å². The zero-order valence-electron chi connectivity index (χ0n) is 18.7. The molecule has 2 aromatic rings. The van der Waals surface area contributed by atoms with Crippen molar-refractivity contribution in [2.45, 2.75) is 26.4 Å². The second kappa shape index (κ2) is 11.3. The van der Waals surface area contributed by atoms with Gasteiger partial charge in [-0.1, -0.05) is 41.9 Å². The Morgan fingerprint density at radius 2 is 1.62 bits per heavy atom. The number of carbonyl (C=O) groups is 2. The molecule has 0 spiro atoms. The van der Waals surface area contributed by atoms with Crippen LogP contribution < -0.4 is 9.62 Å². The number of carbonyl (C=O) groups excluding carboxylic acids is 2. The largest absolute Gasteiger partial charge is 0.355 e. The van der Waals surface area contributed by atoms with Gasteiger partial charge in [0.2, 0.25) is 11.8 Å². The van der Waals surface area contributed by atoms with Crippen molar-refractivity contribution in [2.24, 2.45) is 0 Å². The van der Waals surface area contributed by atoms with Crippen molar-refractivity contribution in [3.8, 4) is 0 Å². The lowest BCUT2D eigenvalue weighted by Crippen LogP contribution is -2.52. The van der Waals surface area contributed by atoms with Gasteiger partial charge in [-0.25, -0.2) is 4.31 Å². The molecule has 0 saturated carbocycles. The van der Waals surface area contributed by atoms with Gasteiger partial charge in [0.15, 0.2) is 0 Å². The van der Waals surface area contributed by atoms with Gasteiger partial charge in [-0.2, -0.15) is 12.7 Å². The Bertz CT molecular complexity index is 1010. The van der Waals surface area contributed by atoms with Crippen LogP contribution in [0, 0.1) is 0 Å². The molecule has 0 aromatic heterocycles. The lowest BCUT2D eigenvalue weighted by Gasteiger charge is -2.32. The van der Waals surface area contributed by atoms with Gasteiger partial charge < -0.3 is 10.2 Å². The Hall–Kier alpha value is -2.62. The highest BCUT2D eigenvalue weighted by atomic mass is 35.5. The van der Waals surface area contributed by atoms with Crippen LogP contribution in [0.2, 0.25) is 5.02 Å². The normalized spacial score (nSPS) is 12.3. The highest BCUT2D eigenvalue weighted by molar-refractivity contribution is 7.90. The lowest BCUT2D eigenvalue weighted by molar-refractivity contribution is -0.139. The number of nitrogens with zero attached hydrogens (tertiary/aromatic N) is 3. The summed E-state index contributed by atoms with van der Waals surface area (Å²) in [5.41, 5.74) is 1.12. The van der Waals surface area contributed by atoms with Crippen molar-refractivity contribution in [1.29, 1.82) is 0 Å². The van der Waals surface area contributed by atoms with Crippen LogP contribution in [0.15, 0.2) is 54.6 Å². The molecule has 10 heteroatoms. The molecule has 1 N–H and O–H groups in total. The Morgan fingerprint density at radius 1 is 1.03 bits per heavy atom. The van der Waals surface area contributed by atoms with Crippen LogP contribution in [0.3, 0.4) is 0 Å². The number of para-hydroxylation sites is 1. The first-order valence-electron chi connectivity index (χ1n) is 10.1. The van der Waals surface area contributed by atoms with Gasteiger partial charge in [-0.05, 0) is 43.7 Å². The summed E-state index contributed by atoms with van der Waals surface area (Å²) >= 11 is 5.96. The zero-order chi connectivity index (χ0) is 23.9. The van der Waals surface area contributed by atoms with Crippen LogP contribution in [0.1, 0.15) is 19.4 Å². The van der Waals surface area contributed by atoms with E-state index in [0.29, 0.717) is 17.3 Å². The minimum absolute atomic E-state index is 0.124. The van der Waals surface area contributed by atoms with Crippen LogP contribution in [0.25, 0.3) is 0 Å². The van der Waals surface area contributed by atoms with Gasteiger partial charge in [0.25, 0.3) is 0 Å². The number of benzene rings is 2. The minimum Gasteiger partial charge on any atom is -0.355 e. The maximum Gasteiger partial charge on any atom is 0.304 e. The van der Waals surface area contributed by atoms with E-state index in [1.54, 1.807) is 68.4 Å². The molecule has 0 radical (unpaired) electrons. The van der Waals surface area contributed by atoms with E-state index < -0.39 is 28.7 Å². The Labute approximate surface area is 194 Å². The topological polar surface area (TPSA) is 90.0 Å². The fourth-order valence-electron chi connectivity index (χ4n) is 3.00. The van der Waals surface area contributed by atoms with Crippen LogP contribution in [0.5, 0.6) is 0 Å². The molecule has 0 heterocycles. The second-order valence-electron chi connectivity index (χ2n) is 7.35. The second-order valence-corrected chi connectivity index (χ2v) is 9.85. The summed E-state index contributed by atoms with van der Waals surface area (Å²) in [4.78, 5) is 27.3. The molecule has 0 unspecified atom stereocenters. The molecule has 0 aliphatic heterocycles. The SMILES string of the molecule is CCNC(=O)[C@H](C)N(Cc1ccc(Cl)cc1)C(=O)CN(c1ccccc1)S(=O)(=O)N(C)C. The molecular weight excluding hydrogens is 452 g/mol. The Balaban J connectivity index is 2.40. The third-order valence-corrected chi connectivity index (χ3v) is 6.92. The summed E-state index contributed by atoms with van der Waals surface area (Å²) in [6, 6.07) is 14.5. The monoisotopic (exact) mass is 480 g/mol. The van der Waals surface area contributed by atoms with Crippen LogP contribution in [0.4, 0.5) is 5.69 Å². The molecule has 2 amide bonds. The predicted octanol–water partition coefficient (Wildman–Crippen LogP) is 2.51. The fraction of sp³-hybridized carbons (Fsp3) is 0.364. The summed E-state index contributed by atoms with van der Waals surface area (Å²) in [7, 11) is -1.15. The van der Waals surface area contributed by atoms with Gasteiger partial charge in [0.05, 0.1) is 5.69 Å². The number of rotatable bonds is 10. The van der Waals surface area contributed by atoms with Crippen LogP contribution in [-0.4, -0.2) is 62.7 Å². The maximum atomic E-state index is 13.4. The maximum absolute atomic E-state index is 13.4. The Kier molecular flexibility index (Phi) is 9.06. The van der Waals surface area contributed by atoms with E-state index in [0.717, 1.165) is 14.2 Å². The van der Waals surface area contributed by atoms with E-state index in [2.05, 4.69) is 5.32 Å². The van der Waals surface area contributed by atoms with Crippen LogP contribution >= 0.6 is 11.6 Å². The zero-order valence-corrected chi connectivity index (χ0v) is 20.2. The van der Waals surface area contributed by atoms with Crippen molar-refractivity contribution in [1.82, 2.24) is 14.5 Å². The smallest absolute Gasteiger partial charge is 0.304 e. The summed E-state index contributed by atoms with van der Waals surface area (Å²) in [6.45, 7) is 3.49. The number of amides is 2. The quantitative estimate of drug-likeness (QED) is 0.565. The predicted molar refractivity (Wildman–Crippen MR) is 127 cm³/mol. The molecule has 32 heavy (non-hydrogen) atoms. The molecule has 174 valence electrons. The average molecular weight is 481 g/mol. The van der Waals surface area contributed by atoms with Gasteiger partial charge >= 0.3 is 10.2 Å². The van der Waals surface area contributed by atoms with Crippen molar-refractivity contribution < 1.29 is 18.0 Å². The molecule has 8 nitrogen and oxygen atoms in total. The molecule has 0 aliphatic carbocycles. The van der Waals surface area contributed by atoms with E-state index in [1.165, 1.54) is 19.0 Å². The molecule has 2 aromatic carbocycles. The first-order chi connectivity index (χ1) is 15.1. The third kappa shape index (κ3) is 6.44. The van der Waals surface area contributed by atoms with Gasteiger partial charge in [-0.15, -0.1) is 0 Å². The first-order valence-corrected chi connectivity index (χ1v) is 11.9. The lowest BCUT2D eigenvalue weighted by atomic mass is 10.1. The molecule has 2 rings (SSSR count). The minimum atomic E-state index is -3.95. The number of likely N-dealkylation sites (N-methyl/N-ethyl adjacent to an activating group) is 1. The van der Waals surface area contributed by atoms with Gasteiger partial charge in [-0.3, -0.25) is 9.59 Å². The summed E-state index contributed by atoms with van der Waals surface area (Å²) in [6.07, 6.45) is 0.